The van der Waals surface area contributed by atoms with Crippen molar-refractivity contribution in [3.05, 3.63) is 23.4 Å². The Morgan fingerprint density at radius 1 is 1.18 bits per heavy atom. The van der Waals surface area contributed by atoms with Gasteiger partial charge in [-0.05, 0) is 62.5 Å². The second-order valence-electron chi connectivity index (χ2n) is 10.6. The molecule has 1 saturated heterocycles. The molecule has 1 atom stereocenters. The van der Waals surface area contributed by atoms with Gasteiger partial charge < -0.3 is 20.6 Å². The summed E-state index contributed by atoms with van der Waals surface area (Å²) in [6.45, 7) is 4.11. The SMILES string of the molecule is CC1(C(=O)NC(CC2CCN(C(=O)Cc3ccc4c(n3)NCCC4)CC2)C(=O)O)CCCCC1. The molecule has 1 aromatic rings. The fraction of sp³-hybridized carbons (Fsp3) is 0.692. The van der Waals surface area contributed by atoms with Crippen LogP contribution in [0, 0.1) is 11.3 Å². The van der Waals surface area contributed by atoms with E-state index in [1.54, 1.807) is 0 Å². The first-order chi connectivity index (χ1) is 16.3. The molecule has 1 aromatic heterocycles. The third-order valence-corrected chi connectivity index (χ3v) is 7.93. The number of carboxylic acids is 1. The van der Waals surface area contributed by atoms with Crippen LogP contribution in [0.5, 0.6) is 0 Å². The van der Waals surface area contributed by atoms with Crippen molar-refractivity contribution < 1.29 is 19.5 Å². The van der Waals surface area contributed by atoms with Gasteiger partial charge in [0, 0.05) is 25.0 Å². The lowest BCUT2D eigenvalue weighted by molar-refractivity contribution is -0.145. The highest BCUT2D eigenvalue weighted by molar-refractivity contribution is 5.87. The van der Waals surface area contributed by atoms with Crippen molar-refractivity contribution in [3.8, 4) is 0 Å². The molecular formula is C26H38N4O4. The van der Waals surface area contributed by atoms with Crippen molar-refractivity contribution in [2.75, 3.05) is 25.0 Å². The van der Waals surface area contributed by atoms with Crippen LogP contribution in [0.1, 0.15) is 76.0 Å². The van der Waals surface area contributed by atoms with Gasteiger partial charge in [-0.2, -0.15) is 0 Å². The Kier molecular flexibility index (Phi) is 7.73. The van der Waals surface area contributed by atoms with Gasteiger partial charge >= 0.3 is 5.97 Å². The Hall–Kier alpha value is -2.64. The van der Waals surface area contributed by atoms with Crippen molar-refractivity contribution >= 4 is 23.6 Å². The van der Waals surface area contributed by atoms with E-state index in [9.17, 15) is 19.5 Å². The summed E-state index contributed by atoms with van der Waals surface area (Å²) in [6.07, 6.45) is 9.15. The maximum atomic E-state index is 12.8. The lowest BCUT2D eigenvalue weighted by Gasteiger charge is -2.35. The maximum Gasteiger partial charge on any atom is 0.326 e. The zero-order valence-corrected chi connectivity index (χ0v) is 20.3. The first-order valence-corrected chi connectivity index (χ1v) is 12.9. The highest BCUT2D eigenvalue weighted by Gasteiger charge is 2.37. The standard InChI is InChI=1S/C26H38N4O4/c1-26(11-3-2-4-12-26)25(34)29-21(24(32)33)16-18-9-14-30(15-10-18)22(31)17-20-8-7-19-6-5-13-27-23(19)28-20/h7-8,18,21H,2-6,9-17H2,1H3,(H,27,28)(H,29,34)(H,32,33). The second kappa shape index (κ2) is 10.7. The van der Waals surface area contributed by atoms with Gasteiger partial charge in [-0.3, -0.25) is 9.59 Å². The fourth-order valence-electron chi connectivity index (χ4n) is 5.60. The Balaban J connectivity index is 1.26. The van der Waals surface area contributed by atoms with Crippen LogP contribution in [0.4, 0.5) is 5.82 Å². The van der Waals surface area contributed by atoms with Gasteiger partial charge in [0.15, 0.2) is 0 Å². The monoisotopic (exact) mass is 470 g/mol. The van der Waals surface area contributed by atoms with Crippen LogP contribution in [-0.2, 0) is 27.2 Å². The average Bonchev–Trinajstić information content (AvgIpc) is 2.84. The average molecular weight is 471 g/mol. The Bertz CT molecular complexity index is 904. The summed E-state index contributed by atoms with van der Waals surface area (Å²) in [5, 5.41) is 15.9. The predicted octanol–water partition coefficient (Wildman–Crippen LogP) is 3.15. The van der Waals surface area contributed by atoms with Gasteiger partial charge in [0.05, 0.1) is 12.1 Å². The Morgan fingerprint density at radius 3 is 2.62 bits per heavy atom. The van der Waals surface area contributed by atoms with Crippen molar-refractivity contribution in [1.29, 1.82) is 0 Å². The maximum absolute atomic E-state index is 12.8. The number of rotatable bonds is 7. The number of likely N-dealkylation sites (tertiary alicyclic amines) is 1. The largest absolute Gasteiger partial charge is 0.480 e. The number of carboxylic acid groups (broad SMARTS) is 1. The summed E-state index contributed by atoms with van der Waals surface area (Å²) in [4.78, 5) is 44.1. The van der Waals surface area contributed by atoms with Crippen molar-refractivity contribution in [1.82, 2.24) is 15.2 Å². The van der Waals surface area contributed by atoms with Gasteiger partial charge in [0.25, 0.3) is 0 Å². The van der Waals surface area contributed by atoms with Gasteiger partial charge in [0.1, 0.15) is 11.9 Å². The number of pyridine rings is 1. The summed E-state index contributed by atoms with van der Waals surface area (Å²) in [6, 6.07) is 3.15. The van der Waals surface area contributed by atoms with E-state index in [1.165, 1.54) is 5.56 Å². The number of carbonyl (C=O) groups excluding carboxylic acids is 2. The highest BCUT2D eigenvalue weighted by Crippen LogP contribution is 2.36. The Morgan fingerprint density at radius 2 is 1.91 bits per heavy atom. The third-order valence-electron chi connectivity index (χ3n) is 7.93. The molecule has 34 heavy (non-hydrogen) atoms. The molecular weight excluding hydrogens is 432 g/mol. The van der Waals surface area contributed by atoms with E-state index >= 15 is 0 Å². The van der Waals surface area contributed by atoms with Crippen molar-refractivity contribution in [3.63, 3.8) is 0 Å². The number of nitrogens with one attached hydrogen (secondary N) is 2. The molecule has 0 aromatic carbocycles. The molecule has 3 heterocycles. The summed E-state index contributed by atoms with van der Waals surface area (Å²) in [7, 11) is 0. The van der Waals surface area contributed by atoms with E-state index in [2.05, 4.69) is 21.7 Å². The molecule has 3 N–H and O–H groups in total. The predicted molar refractivity (Wildman–Crippen MR) is 129 cm³/mol. The number of aliphatic carboxylic acids is 1. The van der Waals surface area contributed by atoms with Crippen LogP contribution in [-0.4, -0.2) is 58.5 Å². The number of amides is 2. The molecule has 8 heteroatoms. The minimum absolute atomic E-state index is 0.0648. The zero-order valence-electron chi connectivity index (χ0n) is 20.3. The number of hydrogen-bond acceptors (Lipinski definition) is 5. The summed E-state index contributed by atoms with van der Waals surface area (Å²) in [5.74, 6) is 0.0439. The molecule has 0 bridgehead atoms. The number of carbonyl (C=O) groups is 3. The number of hydrogen-bond donors (Lipinski definition) is 3. The van der Waals surface area contributed by atoms with Gasteiger partial charge in [0.2, 0.25) is 11.8 Å². The van der Waals surface area contributed by atoms with Crippen molar-refractivity contribution in [2.45, 2.75) is 83.6 Å². The lowest BCUT2D eigenvalue weighted by atomic mass is 9.75. The molecule has 8 nitrogen and oxygen atoms in total. The van der Waals surface area contributed by atoms with Gasteiger partial charge in [-0.15, -0.1) is 0 Å². The number of piperidine rings is 1. The molecule has 1 unspecified atom stereocenters. The zero-order chi connectivity index (χ0) is 24.1. The van der Waals surface area contributed by atoms with Crippen LogP contribution < -0.4 is 10.6 Å². The summed E-state index contributed by atoms with van der Waals surface area (Å²) >= 11 is 0. The number of aryl methyl sites for hydroxylation is 1. The number of aromatic nitrogens is 1. The van der Waals surface area contributed by atoms with Gasteiger partial charge in [-0.25, -0.2) is 9.78 Å². The minimum atomic E-state index is -0.974. The van der Waals surface area contributed by atoms with Gasteiger partial charge in [-0.1, -0.05) is 32.3 Å². The highest BCUT2D eigenvalue weighted by atomic mass is 16.4. The molecule has 2 aliphatic heterocycles. The first kappa shape index (κ1) is 24.5. The van der Waals surface area contributed by atoms with Crippen LogP contribution in [0.25, 0.3) is 0 Å². The molecule has 3 aliphatic rings. The van der Waals surface area contributed by atoms with E-state index in [-0.39, 0.29) is 24.2 Å². The lowest BCUT2D eigenvalue weighted by Crippen LogP contribution is -2.49. The molecule has 2 fully saturated rings. The second-order valence-corrected chi connectivity index (χ2v) is 10.6. The van der Waals surface area contributed by atoms with Crippen LogP contribution >= 0.6 is 0 Å². The fourth-order valence-corrected chi connectivity index (χ4v) is 5.60. The summed E-state index contributed by atoms with van der Waals surface area (Å²) in [5.41, 5.74) is 1.54. The molecule has 4 rings (SSSR count). The summed E-state index contributed by atoms with van der Waals surface area (Å²) < 4.78 is 0. The minimum Gasteiger partial charge on any atom is -0.480 e. The number of nitrogens with zero attached hydrogens (tertiary/aromatic N) is 2. The quantitative estimate of drug-likeness (QED) is 0.564. The Labute approximate surface area is 201 Å². The van der Waals surface area contributed by atoms with E-state index < -0.39 is 17.4 Å². The molecule has 186 valence electrons. The molecule has 1 saturated carbocycles. The normalized spacial score (nSPS) is 21.1. The van der Waals surface area contributed by atoms with E-state index in [1.807, 2.05) is 17.9 Å². The van der Waals surface area contributed by atoms with Crippen LogP contribution in [0.2, 0.25) is 0 Å². The number of anilines is 1. The molecule has 0 radical (unpaired) electrons. The van der Waals surface area contributed by atoms with Crippen LogP contribution in [0.3, 0.4) is 0 Å². The van der Waals surface area contributed by atoms with E-state index in [0.29, 0.717) is 19.5 Å². The third kappa shape index (κ3) is 5.88. The van der Waals surface area contributed by atoms with E-state index in [0.717, 1.165) is 75.8 Å². The topological polar surface area (TPSA) is 112 Å². The molecule has 0 spiro atoms. The van der Waals surface area contributed by atoms with Crippen LogP contribution in [0.15, 0.2) is 12.1 Å². The number of fused-ring (bicyclic) bond motifs is 1. The van der Waals surface area contributed by atoms with E-state index in [4.69, 9.17) is 0 Å². The van der Waals surface area contributed by atoms with Crippen molar-refractivity contribution in [2.24, 2.45) is 11.3 Å². The molecule has 2 amide bonds. The first-order valence-electron chi connectivity index (χ1n) is 12.9. The smallest absolute Gasteiger partial charge is 0.326 e. The molecule has 1 aliphatic carbocycles.